The molecular weight excluding hydrogens is 737 g/mol. The minimum atomic E-state index is -0.809. The first-order valence-electron chi connectivity index (χ1n) is 20.7. The molecule has 0 spiro atoms. The largest absolute Gasteiger partial charge is 0.458 e. The maximum absolute atomic E-state index is 13.3. The summed E-state index contributed by atoms with van der Waals surface area (Å²) in [5, 5.41) is 20.3. The second-order valence-corrected chi connectivity index (χ2v) is 15.7. The molecule has 4 aliphatic carbocycles. The Morgan fingerprint density at radius 3 is 1.03 bits per heavy atom. The summed E-state index contributed by atoms with van der Waals surface area (Å²) >= 11 is 0. The van der Waals surface area contributed by atoms with E-state index in [1.165, 1.54) is 36.1 Å². The standard InChI is InChI=1S/C46H54N4O8/c1-29(51)57-27-49(3)43-37-17-9-5-13-33(37)41(34-14-6-10-18-38(34)43)23-31(25-47)45(53)55-21-22-56-46(54)32(26-48)24-42-35-15-7-11-19-39(35)44(50(4)28-58-30(2)52)40-20-12-8-16-36(40)42/h23-24H,5-22,27-28H2,1-4H3/b31-23+,32-24+. The molecule has 4 aliphatic rings. The SMILES string of the molecule is CC(=O)OCN(C)c1c2c(c(/C=C(\C#N)C(=O)OCCOC(=O)/C(C#N)=C/c3c4c(c(N(C)COC(C)=O)c5c3CCCC5)CCCC4)c3c1CCCC3)CCCC2. The van der Waals surface area contributed by atoms with Crippen molar-refractivity contribution in [3.63, 3.8) is 0 Å². The average molecular weight is 791 g/mol. The van der Waals surface area contributed by atoms with Gasteiger partial charge in [-0.15, -0.1) is 0 Å². The summed E-state index contributed by atoms with van der Waals surface area (Å²) < 4.78 is 21.7. The second kappa shape index (κ2) is 19.2. The van der Waals surface area contributed by atoms with E-state index in [9.17, 15) is 29.7 Å². The molecule has 0 aromatic heterocycles. The van der Waals surface area contributed by atoms with E-state index in [-0.39, 0.29) is 49.8 Å². The Morgan fingerprint density at radius 1 is 0.500 bits per heavy atom. The van der Waals surface area contributed by atoms with Crippen LogP contribution in [-0.4, -0.2) is 64.6 Å². The third-order valence-electron chi connectivity index (χ3n) is 11.8. The highest BCUT2D eigenvalue weighted by Crippen LogP contribution is 2.44. The predicted octanol–water partition coefficient (Wildman–Crippen LogP) is 6.72. The van der Waals surface area contributed by atoms with Crippen molar-refractivity contribution in [1.29, 1.82) is 10.5 Å². The van der Waals surface area contributed by atoms with Crippen LogP contribution in [0.2, 0.25) is 0 Å². The van der Waals surface area contributed by atoms with Crippen molar-refractivity contribution in [2.45, 2.75) is 117 Å². The number of hydrogen-bond acceptors (Lipinski definition) is 12. The first-order chi connectivity index (χ1) is 28.0. The Kier molecular flexibility index (Phi) is 13.9. The molecule has 0 heterocycles. The Hall–Kier alpha value is -5.62. The van der Waals surface area contributed by atoms with E-state index in [0.29, 0.717) is 0 Å². The highest BCUT2D eigenvalue weighted by atomic mass is 16.6. The molecule has 0 fully saturated rings. The molecule has 2 aromatic rings. The number of nitriles is 2. The first-order valence-corrected chi connectivity index (χ1v) is 20.7. The summed E-state index contributed by atoms with van der Waals surface area (Å²) in [7, 11) is 3.87. The fraction of sp³-hybridized carbons (Fsp3) is 0.522. The number of anilines is 2. The number of hydrogen-bond donors (Lipinski definition) is 0. The minimum Gasteiger partial charge on any atom is -0.458 e. The minimum absolute atomic E-state index is 0.137. The lowest BCUT2D eigenvalue weighted by molar-refractivity contribution is -0.146. The summed E-state index contributed by atoms with van der Waals surface area (Å²) in [6, 6.07) is 4.09. The zero-order valence-corrected chi connectivity index (χ0v) is 34.4. The summed E-state index contributed by atoms with van der Waals surface area (Å²) in [6.45, 7) is 2.51. The van der Waals surface area contributed by atoms with Crippen LogP contribution in [0.15, 0.2) is 11.1 Å². The number of fused-ring (bicyclic) bond motifs is 4. The van der Waals surface area contributed by atoms with Crippen molar-refractivity contribution in [3.8, 4) is 12.1 Å². The lowest BCUT2D eigenvalue weighted by atomic mass is 9.77. The molecule has 6 rings (SSSR count). The van der Waals surface area contributed by atoms with E-state index in [2.05, 4.69) is 0 Å². The van der Waals surface area contributed by atoms with Gasteiger partial charge in [-0.05, 0) is 171 Å². The van der Waals surface area contributed by atoms with Gasteiger partial charge in [0.2, 0.25) is 0 Å². The lowest BCUT2D eigenvalue weighted by Gasteiger charge is -2.34. The molecule has 0 bridgehead atoms. The van der Waals surface area contributed by atoms with E-state index < -0.39 is 11.9 Å². The quantitative estimate of drug-likeness (QED) is 0.0528. The van der Waals surface area contributed by atoms with Gasteiger partial charge in [-0.25, -0.2) is 9.59 Å². The van der Waals surface area contributed by atoms with Gasteiger partial charge in [-0.2, -0.15) is 10.5 Å². The fourth-order valence-corrected chi connectivity index (χ4v) is 9.35. The van der Waals surface area contributed by atoms with Crippen molar-refractivity contribution in [3.05, 3.63) is 66.8 Å². The molecule has 0 N–H and O–H groups in total. The van der Waals surface area contributed by atoms with Crippen molar-refractivity contribution < 1.29 is 38.1 Å². The highest BCUT2D eigenvalue weighted by molar-refractivity contribution is 6.00. The van der Waals surface area contributed by atoms with Gasteiger partial charge in [-0.1, -0.05) is 0 Å². The normalized spacial score (nSPS) is 15.9. The van der Waals surface area contributed by atoms with E-state index in [1.54, 1.807) is 12.2 Å². The van der Waals surface area contributed by atoms with Gasteiger partial charge < -0.3 is 28.7 Å². The van der Waals surface area contributed by atoms with Crippen molar-refractivity contribution in [1.82, 2.24) is 0 Å². The zero-order chi connectivity index (χ0) is 41.3. The number of rotatable bonds is 13. The van der Waals surface area contributed by atoms with Gasteiger partial charge in [0.25, 0.3) is 0 Å². The molecule has 0 unspecified atom stereocenters. The van der Waals surface area contributed by atoms with E-state index >= 15 is 0 Å². The fourth-order valence-electron chi connectivity index (χ4n) is 9.35. The second-order valence-electron chi connectivity index (χ2n) is 15.7. The molecule has 2 aromatic carbocycles. The van der Waals surface area contributed by atoms with Gasteiger partial charge in [0.15, 0.2) is 13.5 Å². The maximum Gasteiger partial charge on any atom is 0.349 e. The predicted molar refractivity (Wildman–Crippen MR) is 219 cm³/mol. The number of carbonyl (C=O) groups excluding carboxylic acids is 4. The number of ether oxygens (including phenoxy) is 4. The number of carbonyl (C=O) groups is 4. The number of benzene rings is 2. The molecular formula is C46H54N4O8. The van der Waals surface area contributed by atoms with Crippen molar-refractivity contribution >= 4 is 47.4 Å². The average Bonchev–Trinajstić information content (AvgIpc) is 3.23. The molecule has 0 aliphatic heterocycles. The summed E-state index contributed by atoms with van der Waals surface area (Å²) in [5.74, 6) is -2.30. The summed E-state index contributed by atoms with van der Waals surface area (Å²) in [4.78, 5) is 53.9. The molecule has 58 heavy (non-hydrogen) atoms. The van der Waals surface area contributed by atoms with Crippen LogP contribution in [0.1, 0.15) is 121 Å². The van der Waals surface area contributed by atoms with Gasteiger partial charge in [0.1, 0.15) is 36.5 Å². The van der Waals surface area contributed by atoms with E-state index in [1.807, 2.05) is 36.0 Å². The van der Waals surface area contributed by atoms with Crippen LogP contribution in [0.25, 0.3) is 12.2 Å². The lowest BCUT2D eigenvalue weighted by Crippen LogP contribution is -2.28. The van der Waals surface area contributed by atoms with Gasteiger partial charge in [0, 0.05) is 39.3 Å². The Labute approximate surface area is 341 Å². The smallest absolute Gasteiger partial charge is 0.349 e. The van der Waals surface area contributed by atoms with E-state index in [0.717, 1.165) is 147 Å². The van der Waals surface area contributed by atoms with Crippen molar-refractivity contribution in [2.75, 3.05) is 50.6 Å². The first kappa shape index (κ1) is 42.0. The van der Waals surface area contributed by atoms with Crippen LogP contribution >= 0.6 is 0 Å². The topological polar surface area (TPSA) is 159 Å². The van der Waals surface area contributed by atoms with E-state index in [4.69, 9.17) is 18.9 Å². The Morgan fingerprint density at radius 2 is 0.776 bits per heavy atom. The van der Waals surface area contributed by atoms with Crippen LogP contribution in [0, 0.1) is 22.7 Å². The van der Waals surface area contributed by atoms with Crippen LogP contribution in [0.5, 0.6) is 0 Å². The molecule has 0 radical (unpaired) electrons. The van der Waals surface area contributed by atoms with Crippen LogP contribution in [0.4, 0.5) is 11.4 Å². The zero-order valence-electron chi connectivity index (χ0n) is 34.4. The molecule has 0 amide bonds. The molecule has 12 heteroatoms. The number of esters is 4. The third-order valence-corrected chi connectivity index (χ3v) is 11.8. The van der Waals surface area contributed by atoms with Gasteiger partial charge >= 0.3 is 23.9 Å². The molecule has 0 atom stereocenters. The molecule has 0 saturated carbocycles. The maximum atomic E-state index is 13.3. The Balaban J connectivity index is 1.19. The third kappa shape index (κ3) is 9.23. The molecule has 306 valence electrons. The van der Waals surface area contributed by atoms with Crippen LogP contribution in [-0.2, 0) is 89.5 Å². The molecule has 0 saturated heterocycles. The molecule has 12 nitrogen and oxygen atoms in total. The number of nitrogens with zero attached hydrogens (tertiary/aromatic N) is 4. The summed E-state index contributed by atoms with van der Waals surface area (Å²) in [6.07, 6.45) is 18.0. The Bertz CT molecular complexity index is 1900. The summed E-state index contributed by atoms with van der Waals surface area (Å²) in [5.41, 5.74) is 12.9. The highest BCUT2D eigenvalue weighted by Gasteiger charge is 2.31. The monoisotopic (exact) mass is 790 g/mol. The van der Waals surface area contributed by atoms with Crippen LogP contribution in [0.3, 0.4) is 0 Å². The van der Waals surface area contributed by atoms with Crippen molar-refractivity contribution in [2.24, 2.45) is 0 Å². The van der Waals surface area contributed by atoms with Gasteiger partial charge in [0.05, 0.1) is 0 Å². The van der Waals surface area contributed by atoms with Gasteiger partial charge in [-0.3, -0.25) is 9.59 Å². The van der Waals surface area contributed by atoms with Crippen LogP contribution < -0.4 is 9.80 Å².